The van der Waals surface area contributed by atoms with Crippen molar-refractivity contribution in [3.8, 4) is 0 Å². The van der Waals surface area contributed by atoms with E-state index in [2.05, 4.69) is 16.0 Å². The van der Waals surface area contributed by atoms with Crippen LogP contribution in [0.15, 0.2) is 17.5 Å². The van der Waals surface area contributed by atoms with Crippen molar-refractivity contribution in [2.24, 2.45) is 0 Å². The lowest BCUT2D eigenvalue weighted by molar-refractivity contribution is -0.123. The van der Waals surface area contributed by atoms with Crippen LogP contribution in [0, 0.1) is 0 Å². The normalized spacial score (nSPS) is 17.5. The minimum atomic E-state index is -0.672. The van der Waals surface area contributed by atoms with Gasteiger partial charge in [0.2, 0.25) is 5.91 Å². The molecule has 3 N–H and O–H groups in total. The van der Waals surface area contributed by atoms with E-state index in [1.165, 1.54) is 11.3 Å². The van der Waals surface area contributed by atoms with E-state index < -0.39 is 23.3 Å². The lowest BCUT2D eigenvalue weighted by atomic mass is 9.90. The summed E-state index contributed by atoms with van der Waals surface area (Å²) in [6.45, 7) is 7.44. The van der Waals surface area contributed by atoms with Crippen LogP contribution in [0.25, 0.3) is 0 Å². The molecule has 1 fully saturated rings. The van der Waals surface area contributed by atoms with Crippen molar-refractivity contribution in [1.82, 2.24) is 16.0 Å². The van der Waals surface area contributed by atoms with E-state index in [-0.39, 0.29) is 11.8 Å². The van der Waals surface area contributed by atoms with Crippen LogP contribution in [0.5, 0.6) is 0 Å². The van der Waals surface area contributed by atoms with E-state index in [0.717, 1.165) is 38.5 Å². The first-order valence-corrected chi connectivity index (χ1v) is 11.1. The van der Waals surface area contributed by atoms with Gasteiger partial charge >= 0.3 is 6.09 Å². The highest BCUT2D eigenvalue weighted by atomic mass is 32.1. The Balaban J connectivity index is 1.96. The fourth-order valence-electron chi connectivity index (χ4n) is 3.42. The Morgan fingerprint density at radius 1 is 1.17 bits per heavy atom. The molecular weight excluding hydrogens is 390 g/mol. The maximum Gasteiger partial charge on any atom is 0.408 e. The van der Waals surface area contributed by atoms with Crippen LogP contribution < -0.4 is 16.0 Å². The van der Waals surface area contributed by atoms with Crippen LogP contribution in [-0.2, 0) is 9.53 Å². The number of thiophene rings is 1. The molecule has 3 amide bonds. The van der Waals surface area contributed by atoms with Crippen molar-refractivity contribution >= 4 is 29.2 Å². The fraction of sp³-hybridized carbons (Fsp3) is 0.667. The lowest BCUT2D eigenvalue weighted by Crippen LogP contribution is -2.58. The highest BCUT2D eigenvalue weighted by Crippen LogP contribution is 2.27. The third kappa shape index (κ3) is 7.68. The molecular formula is C21H33N3O4S. The second-order valence-electron chi connectivity index (χ2n) is 8.71. The number of amides is 3. The Morgan fingerprint density at radius 2 is 1.83 bits per heavy atom. The molecule has 1 aromatic heterocycles. The van der Waals surface area contributed by atoms with E-state index >= 15 is 0 Å². The number of rotatable bonds is 6. The zero-order valence-electron chi connectivity index (χ0n) is 17.8. The zero-order valence-corrected chi connectivity index (χ0v) is 18.6. The van der Waals surface area contributed by atoms with Gasteiger partial charge in [-0.1, -0.05) is 31.7 Å². The van der Waals surface area contributed by atoms with Crippen LogP contribution in [-0.4, -0.2) is 41.6 Å². The van der Waals surface area contributed by atoms with Gasteiger partial charge in [-0.15, -0.1) is 11.3 Å². The molecule has 1 atom stereocenters. The molecule has 0 bridgehead atoms. The Labute approximate surface area is 177 Å². The van der Waals surface area contributed by atoms with E-state index in [1.54, 1.807) is 19.1 Å². The highest BCUT2D eigenvalue weighted by molar-refractivity contribution is 7.12. The molecule has 0 spiro atoms. The second kappa shape index (κ2) is 10.1. The average Bonchev–Trinajstić information content (AvgIpc) is 3.06. The molecule has 1 aliphatic carbocycles. The minimum absolute atomic E-state index is 0.265. The quantitative estimate of drug-likeness (QED) is 0.609. The first kappa shape index (κ1) is 23.2. The van der Waals surface area contributed by atoms with Crippen molar-refractivity contribution in [2.45, 2.75) is 83.4 Å². The molecule has 1 aliphatic rings. The summed E-state index contributed by atoms with van der Waals surface area (Å²) in [7, 11) is 0. The van der Waals surface area contributed by atoms with E-state index in [1.807, 2.05) is 26.2 Å². The molecule has 1 heterocycles. The predicted octanol–water partition coefficient (Wildman–Crippen LogP) is 3.60. The Bertz CT molecular complexity index is 689. The van der Waals surface area contributed by atoms with Gasteiger partial charge in [0.05, 0.1) is 10.4 Å². The molecule has 1 unspecified atom stereocenters. The van der Waals surface area contributed by atoms with Crippen LogP contribution >= 0.6 is 11.3 Å². The van der Waals surface area contributed by atoms with Crippen molar-refractivity contribution in [3.05, 3.63) is 22.4 Å². The summed E-state index contributed by atoms with van der Waals surface area (Å²) in [4.78, 5) is 37.7. The van der Waals surface area contributed by atoms with Crippen LogP contribution in [0.3, 0.4) is 0 Å². The van der Waals surface area contributed by atoms with Gasteiger partial charge in [-0.2, -0.15) is 0 Å². The third-order valence-electron chi connectivity index (χ3n) is 4.91. The molecule has 7 nitrogen and oxygen atoms in total. The van der Waals surface area contributed by atoms with Gasteiger partial charge in [-0.3, -0.25) is 9.59 Å². The van der Waals surface area contributed by atoms with Gasteiger partial charge < -0.3 is 20.7 Å². The van der Waals surface area contributed by atoms with Gasteiger partial charge in [-0.25, -0.2) is 4.79 Å². The number of nitrogens with one attached hydrogen (secondary N) is 3. The topological polar surface area (TPSA) is 96.5 Å². The molecule has 2 rings (SSSR count). The Kier molecular flexibility index (Phi) is 8.07. The van der Waals surface area contributed by atoms with Gasteiger partial charge in [-0.05, 0) is 52.0 Å². The summed E-state index contributed by atoms with van der Waals surface area (Å²) in [6.07, 6.45) is 5.28. The van der Waals surface area contributed by atoms with Crippen LogP contribution in [0.4, 0.5) is 4.79 Å². The van der Waals surface area contributed by atoms with Crippen molar-refractivity contribution in [3.63, 3.8) is 0 Å². The first-order valence-electron chi connectivity index (χ1n) is 10.2. The fourth-order valence-corrected chi connectivity index (χ4v) is 4.05. The predicted molar refractivity (Wildman–Crippen MR) is 114 cm³/mol. The number of hydrogen-bond acceptors (Lipinski definition) is 5. The molecule has 0 radical (unpaired) electrons. The van der Waals surface area contributed by atoms with E-state index in [9.17, 15) is 14.4 Å². The average molecular weight is 424 g/mol. The summed E-state index contributed by atoms with van der Waals surface area (Å²) >= 11 is 1.33. The monoisotopic (exact) mass is 423 g/mol. The molecule has 0 saturated heterocycles. The van der Waals surface area contributed by atoms with Gasteiger partial charge in [0.25, 0.3) is 5.91 Å². The number of hydrogen-bond donors (Lipinski definition) is 3. The maximum atomic E-state index is 12.6. The highest BCUT2D eigenvalue weighted by Gasteiger charge is 2.35. The number of ether oxygens (including phenoxy) is 1. The van der Waals surface area contributed by atoms with Crippen molar-refractivity contribution in [2.75, 3.05) is 6.54 Å². The summed E-state index contributed by atoms with van der Waals surface area (Å²) in [5, 5.41) is 10.5. The summed E-state index contributed by atoms with van der Waals surface area (Å²) in [5.74, 6) is -0.539. The number of carbonyl (C=O) groups is 3. The van der Waals surface area contributed by atoms with Crippen molar-refractivity contribution < 1.29 is 19.1 Å². The molecule has 0 aromatic carbocycles. The lowest BCUT2D eigenvalue weighted by Gasteiger charge is -2.35. The molecule has 1 saturated carbocycles. The molecule has 8 heteroatoms. The molecule has 29 heavy (non-hydrogen) atoms. The smallest absolute Gasteiger partial charge is 0.408 e. The van der Waals surface area contributed by atoms with Crippen molar-refractivity contribution in [1.29, 1.82) is 0 Å². The van der Waals surface area contributed by atoms with Gasteiger partial charge in [0.15, 0.2) is 0 Å². The minimum Gasteiger partial charge on any atom is -0.444 e. The van der Waals surface area contributed by atoms with Crippen LogP contribution in [0.1, 0.15) is 75.9 Å². The summed E-state index contributed by atoms with van der Waals surface area (Å²) < 4.78 is 5.44. The zero-order chi connectivity index (χ0) is 21.5. The molecule has 0 aliphatic heterocycles. The van der Waals surface area contributed by atoms with Gasteiger partial charge in [0.1, 0.15) is 11.6 Å². The number of alkyl carbamates (subject to hydrolysis) is 1. The standard InChI is InChI=1S/C21H33N3O4S/c1-15(23-18(26)16-10-9-13-29-16)17(25)22-14-21(11-7-5-6-8-12-21)24-19(27)28-20(2,3)4/h9-10,13,15H,5-8,11-12,14H2,1-4H3,(H,22,25)(H,23,26)(H,24,27). The first-order chi connectivity index (χ1) is 13.6. The maximum absolute atomic E-state index is 12.6. The third-order valence-corrected chi connectivity index (χ3v) is 5.78. The summed E-state index contributed by atoms with van der Waals surface area (Å²) in [6, 6.07) is 2.84. The molecule has 1 aromatic rings. The van der Waals surface area contributed by atoms with Gasteiger partial charge in [0, 0.05) is 6.54 Å². The van der Waals surface area contributed by atoms with E-state index in [4.69, 9.17) is 4.74 Å². The second-order valence-corrected chi connectivity index (χ2v) is 9.66. The molecule has 162 valence electrons. The Hall–Kier alpha value is -2.09. The largest absolute Gasteiger partial charge is 0.444 e. The SMILES string of the molecule is CC(NC(=O)c1cccs1)C(=O)NCC1(NC(=O)OC(C)(C)C)CCCCCC1. The number of carbonyl (C=O) groups excluding carboxylic acids is 3. The van der Waals surface area contributed by atoms with E-state index in [0.29, 0.717) is 11.4 Å². The Morgan fingerprint density at radius 3 is 2.38 bits per heavy atom. The van der Waals surface area contributed by atoms with Crippen LogP contribution in [0.2, 0.25) is 0 Å². The summed E-state index contributed by atoms with van der Waals surface area (Å²) in [5.41, 5.74) is -1.12.